The Morgan fingerprint density at radius 2 is 1.83 bits per heavy atom. The summed E-state index contributed by atoms with van der Waals surface area (Å²) in [5.41, 5.74) is 3.19. The monoisotopic (exact) mass is 324 g/mol. The van der Waals surface area contributed by atoms with Crippen LogP contribution in [0.5, 0.6) is 0 Å². The molecule has 1 aliphatic rings. The van der Waals surface area contributed by atoms with Crippen molar-refractivity contribution < 1.29 is 4.79 Å². The molecule has 0 aliphatic carbocycles. The Kier molecular flexibility index (Phi) is 4.99. The average Bonchev–Trinajstić information content (AvgIpc) is 2.58. The van der Waals surface area contributed by atoms with Gasteiger partial charge in [0.25, 0.3) is 0 Å². The Morgan fingerprint density at radius 3 is 2.50 bits per heavy atom. The summed E-state index contributed by atoms with van der Waals surface area (Å²) in [5, 5.41) is 5.96. The maximum Gasteiger partial charge on any atom is 0.319 e. The molecule has 24 heavy (non-hydrogen) atoms. The van der Waals surface area contributed by atoms with Crippen LogP contribution in [0.25, 0.3) is 0 Å². The number of urea groups is 1. The smallest absolute Gasteiger partial charge is 0.319 e. The van der Waals surface area contributed by atoms with E-state index >= 15 is 0 Å². The lowest BCUT2D eigenvalue weighted by Crippen LogP contribution is -2.46. The first-order valence-electron chi connectivity index (χ1n) is 8.42. The maximum absolute atomic E-state index is 12.1. The summed E-state index contributed by atoms with van der Waals surface area (Å²) < 4.78 is 0. The van der Waals surface area contributed by atoms with E-state index in [0.29, 0.717) is 0 Å². The Hall–Kier alpha value is -2.56. The van der Waals surface area contributed by atoms with Gasteiger partial charge >= 0.3 is 6.03 Å². The molecule has 2 aromatic rings. The molecule has 1 aromatic carbocycles. The topological polar surface area (TPSA) is 57.3 Å². The third-order valence-electron chi connectivity index (χ3n) is 4.42. The van der Waals surface area contributed by atoms with Gasteiger partial charge in [-0.1, -0.05) is 23.8 Å². The first-order valence-corrected chi connectivity index (χ1v) is 8.42. The van der Waals surface area contributed by atoms with Gasteiger partial charge in [0.15, 0.2) is 0 Å². The first kappa shape index (κ1) is 16.3. The molecule has 5 nitrogen and oxygen atoms in total. The molecule has 3 rings (SSSR count). The molecule has 2 amide bonds. The second kappa shape index (κ2) is 7.34. The Morgan fingerprint density at radius 1 is 1.12 bits per heavy atom. The number of benzene rings is 1. The number of nitrogens with one attached hydrogen (secondary N) is 2. The van der Waals surface area contributed by atoms with Crippen LogP contribution in [-0.2, 0) is 0 Å². The van der Waals surface area contributed by atoms with Crippen LogP contribution < -0.4 is 15.5 Å². The quantitative estimate of drug-likeness (QED) is 0.908. The SMILES string of the molecule is Cc1ccc(NC(=O)NC2CCN(c3ncccc3C)CC2)cc1. The van der Waals surface area contributed by atoms with E-state index in [1.807, 2.05) is 43.5 Å². The van der Waals surface area contributed by atoms with Gasteiger partial charge in [-0.15, -0.1) is 0 Å². The van der Waals surface area contributed by atoms with Crippen molar-refractivity contribution in [1.29, 1.82) is 0 Å². The highest BCUT2D eigenvalue weighted by molar-refractivity contribution is 5.89. The molecule has 1 aliphatic heterocycles. The standard InChI is InChI=1S/C19H24N4O/c1-14-5-7-16(8-6-14)21-19(24)22-17-9-12-23(13-10-17)18-15(2)4-3-11-20-18/h3-8,11,17H,9-10,12-13H2,1-2H3,(H2,21,22,24). The van der Waals surface area contributed by atoms with Crippen molar-refractivity contribution in [3.8, 4) is 0 Å². The van der Waals surface area contributed by atoms with Crippen LogP contribution in [0.2, 0.25) is 0 Å². The summed E-state index contributed by atoms with van der Waals surface area (Å²) in [6.07, 6.45) is 3.69. The van der Waals surface area contributed by atoms with Crippen molar-refractivity contribution in [2.45, 2.75) is 32.7 Å². The highest BCUT2D eigenvalue weighted by atomic mass is 16.2. The predicted molar refractivity (Wildman–Crippen MR) is 97.5 cm³/mol. The predicted octanol–water partition coefficient (Wildman–Crippen LogP) is 3.49. The number of rotatable bonds is 3. The number of carbonyl (C=O) groups excluding carboxylic acids is 1. The molecular weight excluding hydrogens is 300 g/mol. The molecule has 0 unspecified atom stereocenters. The Balaban J connectivity index is 1.49. The summed E-state index contributed by atoms with van der Waals surface area (Å²) >= 11 is 0. The van der Waals surface area contributed by atoms with Gasteiger partial charge in [0.05, 0.1) is 0 Å². The molecule has 5 heteroatoms. The lowest BCUT2D eigenvalue weighted by atomic mass is 10.0. The van der Waals surface area contributed by atoms with E-state index < -0.39 is 0 Å². The van der Waals surface area contributed by atoms with Gasteiger partial charge < -0.3 is 15.5 Å². The summed E-state index contributed by atoms with van der Waals surface area (Å²) in [6.45, 7) is 5.93. The van der Waals surface area contributed by atoms with E-state index in [-0.39, 0.29) is 12.1 Å². The zero-order valence-electron chi connectivity index (χ0n) is 14.2. The normalized spacial score (nSPS) is 15.2. The fraction of sp³-hybridized carbons (Fsp3) is 0.368. The number of carbonyl (C=O) groups is 1. The molecule has 0 saturated carbocycles. The number of pyridine rings is 1. The third kappa shape index (κ3) is 4.04. The summed E-state index contributed by atoms with van der Waals surface area (Å²) in [7, 11) is 0. The molecule has 2 heterocycles. The largest absolute Gasteiger partial charge is 0.356 e. The second-order valence-corrected chi connectivity index (χ2v) is 6.37. The molecule has 0 bridgehead atoms. The highest BCUT2D eigenvalue weighted by Crippen LogP contribution is 2.21. The molecule has 126 valence electrons. The molecule has 0 spiro atoms. The fourth-order valence-corrected chi connectivity index (χ4v) is 3.03. The van der Waals surface area contributed by atoms with Gasteiger partial charge in [0.2, 0.25) is 0 Å². The number of aryl methyl sites for hydroxylation is 2. The van der Waals surface area contributed by atoms with Crippen molar-refractivity contribution in [3.05, 3.63) is 53.7 Å². The van der Waals surface area contributed by atoms with Gasteiger partial charge in [-0.3, -0.25) is 0 Å². The Labute approximate surface area is 143 Å². The van der Waals surface area contributed by atoms with Crippen LogP contribution in [0.3, 0.4) is 0 Å². The van der Waals surface area contributed by atoms with Gasteiger partial charge in [0.1, 0.15) is 5.82 Å². The minimum absolute atomic E-state index is 0.133. The van der Waals surface area contributed by atoms with Gasteiger partial charge in [0, 0.05) is 31.0 Å². The fourth-order valence-electron chi connectivity index (χ4n) is 3.03. The number of hydrogen-bond donors (Lipinski definition) is 2. The van der Waals surface area contributed by atoms with Crippen molar-refractivity contribution in [2.24, 2.45) is 0 Å². The lowest BCUT2D eigenvalue weighted by Gasteiger charge is -2.33. The number of piperidine rings is 1. The van der Waals surface area contributed by atoms with Crippen LogP contribution in [-0.4, -0.2) is 30.1 Å². The van der Waals surface area contributed by atoms with E-state index in [1.165, 1.54) is 11.1 Å². The first-order chi connectivity index (χ1) is 11.6. The lowest BCUT2D eigenvalue weighted by molar-refractivity contribution is 0.246. The highest BCUT2D eigenvalue weighted by Gasteiger charge is 2.22. The molecule has 0 atom stereocenters. The Bertz CT molecular complexity index is 691. The third-order valence-corrected chi connectivity index (χ3v) is 4.42. The number of aromatic nitrogens is 1. The van der Waals surface area contributed by atoms with Crippen LogP contribution >= 0.6 is 0 Å². The van der Waals surface area contributed by atoms with Crippen molar-refractivity contribution >= 4 is 17.5 Å². The zero-order chi connectivity index (χ0) is 16.9. The number of anilines is 2. The minimum atomic E-state index is -0.133. The summed E-state index contributed by atoms with van der Waals surface area (Å²) in [6, 6.07) is 11.9. The van der Waals surface area contributed by atoms with Crippen LogP contribution in [0.4, 0.5) is 16.3 Å². The molecule has 1 fully saturated rings. The number of hydrogen-bond acceptors (Lipinski definition) is 3. The van der Waals surface area contributed by atoms with E-state index in [2.05, 4.69) is 33.5 Å². The second-order valence-electron chi connectivity index (χ2n) is 6.37. The molecule has 2 N–H and O–H groups in total. The van der Waals surface area contributed by atoms with Gasteiger partial charge in [-0.25, -0.2) is 9.78 Å². The van der Waals surface area contributed by atoms with E-state index in [4.69, 9.17) is 0 Å². The van der Waals surface area contributed by atoms with Crippen LogP contribution in [0, 0.1) is 13.8 Å². The van der Waals surface area contributed by atoms with Gasteiger partial charge in [-0.05, 0) is 50.5 Å². The van der Waals surface area contributed by atoms with Crippen molar-refractivity contribution in [2.75, 3.05) is 23.3 Å². The molecule has 1 aromatic heterocycles. The molecular formula is C19H24N4O. The zero-order valence-corrected chi connectivity index (χ0v) is 14.2. The van der Waals surface area contributed by atoms with E-state index in [1.54, 1.807) is 0 Å². The minimum Gasteiger partial charge on any atom is -0.356 e. The van der Waals surface area contributed by atoms with Gasteiger partial charge in [-0.2, -0.15) is 0 Å². The van der Waals surface area contributed by atoms with Crippen LogP contribution in [0.15, 0.2) is 42.6 Å². The molecule has 0 radical (unpaired) electrons. The summed E-state index contributed by atoms with van der Waals surface area (Å²) in [4.78, 5) is 18.9. The number of amides is 2. The molecule has 1 saturated heterocycles. The van der Waals surface area contributed by atoms with E-state index in [9.17, 15) is 4.79 Å². The van der Waals surface area contributed by atoms with Crippen molar-refractivity contribution in [3.63, 3.8) is 0 Å². The number of nitrogens with zero attached hydrogens (tertiary/aromatic N) is 2. The summed E-state index contributed by atoms with van der Waals surface area (Å²) in [5.74, 6) is 1.06. The van der Waals surface area contributed by atoms with E-state index in [0.717, 1.165) is 37.4 Å². The van der Waals surface area contributed by atoms with Crippen molar-refractivity contribution in [1.82, 2.24) is 10.3 Å². The average molecular weight is 324 g/mol. The van der Waals surface area contributed by atoms with Crippen LogP contribution in [0.1, 0.15) is 24.0 Å². The maximum atomic E-state index is 12.1.